The summed E-state index contributed by atoms with van der Waals surface area (Å²) in [7, 11) is 0. The van der Waals surface area contributed by atoms with Gasteiger partial charge in [0, 0.05) is 5.02 Å². The molecule has 3 N–H and O–H groups in total. The first-order chi connectivity index (χ1) is 14.4. The maximum atomic E-state index is 11.8. The molecular formula is C25H43ClN2O2. The van der Waals surface area contributed by atoms with Crippen molar-refractivity contribution in [2.45, 2.75) is 116 Å². The van der Waals surface area contributed by atoms with Crippen molar-refractivity contribution in [2.75, 3.05) is 0 Å². The molecule has 0 aromatic heterocycles. The van der Waals surface area contributed by atoms with Gasteiger partial charge in [0.1, 0.15) is 5.75 Å². The molecule has 1 aromatic carbocycles. The highest BCUT2D eigenvalue weighted by molar-refractivity contribution is 6.31. The van der Waals surface area contributed by atoms with Crippen LogP contribution in [0.15, 0.2) is 18.2 Å². The Morgan fingerprint density at radius 1 is 0.933 bits per heavy atom. The molecule has 0 aliphatic carbocycles. The average molecular weight is 439 g/mol. The lowest BCUT2D eigenvalue weighted by Gasteiger charge is -2.24. The van der Waals surface area contributed by atoms with Crippen LogP contribution < -0.4 is 16.0 Å². The Morgan fingerprint density at radius 2 is 1.43 bits per heavy atom. The van der Waals surface area contributed by atoms with Crippen LogP contribution in [0.25, 0.3) is 0 Å². The van der Waals surface area contributed by atoms with E-state index < -0.39 is 5.60 Å². The quantitative estimate of drug-likeness (QED) is 0.118. The first-order valence-electron chi connectivity index (χ1n) is 11.9. The van der Waals surface area contributed by atoms with Crippen LogP contribution in [0.5, 0.6) is 5.75 Å². The lowest BCUT2D eigenvalue weighted by Crippen LogP contribution is -2.49. The monoisotopic (exact) mass is 438 g/mol. The minimum atomic E-state index is -1.03. The van der Waals surface area contributed by atoms with Crippen LogP contribution in [0.2, 0.25) is 5.02 Å². The van der Waals surface area contributed by atoms with Crippen LogP contribution in [0.4, 0.5) is 0 Å². The van der Waals surface area contributed by atoms with Crippen LogP contribution in [0.1, 0.15) is 110 Å². The molecule has 30 heavy (non-hydrogen) atoms. The highest BCUT2D eigenvalue weighted by Crippen LogP contribution is 2.27. The minimum absolute atomic E-state index is 0.365. The van der Waals surface area contributed by atoms with Gasteiger partial charge < -0.3 is 4.74 Å². The molecule has 0 radical (unpaired) electrons. The van der Waals surface area contributed by atoms with Gasteiger partial charge in [0.2, 0.25) is 0 Å². The molecule has 0 heterocycles. The molecule has 4 nitrogen and oxygen atoms in total. The van der Waals surface area contributed by atoms with Gasteiger partial charge in [0.15, 0.2) is 5.60 Å². The molecule has 172 valence electrons. The van der Waals surface area contributed by atoms with Gasteiger partial charge >= 0.3 is 0 Å². The average Bonchev–Trinajstić information content (AvgIpc) is 2.72. The van der Waals surface area contributed by atoms with Crippen molar-refractivity contribution in [2.24, 2.45) is 5.84 Å². The van der Waals surface area contributed by atoms with E-state index in [2.05, 4.69) is 12.3 Å². The molecule has 0 saturated carbocycles. The molecule has 0 fully saturated rings. The van der Waals surface area contributed by atoms with Crippen molar-refractivity contribution < 1.29 is 9.53 Å². The van der Waals surface area contributed by atoms with E-state index in [1.165, 1.54) is 77.0 Å². The van der Waals surface area contributed by atoms with Crippen molar-refractivity contribution in [1.82, 2.24) is 5.43 Å². The first-order valence-corrected chi connectivity index (χ1v) is 12.3. The van der Waals surface area contributed by atoms with Gasteiger partial charge in [-0.15, -0.1) is 0 Å². The zero-order valence-electron chi connectivity index (χ0n) is 19.4. The number of hydrogen-bond acceptors (Lipinski definition) is 3. The summed E-state index contributed by atoms with van der Waals surface area (Å²) >= 11 is 6.35. The highest BCUT2D eigenvalue weighted by atomic mass is 35.5. The summed E-state index contributed by atoms with van der Waals surface area (Å²) in [5.74, 6) is 5.50. The Morgan fingerprint density at radius 3 is 1.93 bits per heavy atom. The Balaban J connectivity index is 2.19. The summed E-state index contributed by atoms with van der Waals surface area (Å²) in [4.78, 5) is 11.8. The fourth-order valence-corrected chi connectivity index (χ4v) is 3.87. The van der Waals surface area contributed by atoms with E-state index in [1.807, 2.05) is 12.1 Å². The number of unbranched alkanes of at least 4 members (excludes halogenated alkanes) is 12. The van der Waals surface area contributed by atoms with E-state index in [1.54, 1.807) is 19.9 Å². The second-order valence-electron chi connectivity index (χ2n) is 8.83. The number of hydrazine groups is 1. The Hall–Kier alpha value is -1.26. The van der Waals surface area contributed by atoms with Gasteiger partial charge in [0.25, 0.3) is 5.91 Å². The fraction of sp³-hybridized carbons (Fsp3) is 0.720. The molecule has 0 atom stereocenters. The van der Waals surface area contributed by atoms with Gasteiger partial charge in [-0.1, -0.05) is 95.6 Å². The molecule has 0 bridgehead atoms. The minimum Gasteiger partial charge on any atom is -0.478 e. The summed E-state index contributed by atoms with van der Waals surface area (Å²) in [6.45, 7) is 5.65. The van der Waals surface area contributed by atoms with Gasteiger partial charge in [-0.25, -0.2) is 5.84 Å². The number of halogens is 1. The number of nitrogens with one attached hydrogen (secondary N) is 1. The molecule has 0 saturated heterocycles. The highest BCUT2D eigenvalue weighted by Gasteiger charge is 2.29. The second kappa shape index (κ2) is 15.5. The zero-order valence-corrected chi connectivity index (χ0v) is 20.2. The number of hydrogen-bond donors (Lipinski definition) is 2. The zero-order chi connectivity index (χ0) is 22.2. The largest absolute Gasteiger partial charge is 0.478 e. The molecule has 0 unspecified atom stereocenters. The Labute approximate surface area is 189 Å². The molecule has 0 aliphatic heterocycles. The third-order valence-electron chi connectivity index (χ3n) is 5.62. The summed E-state index contributed by atoms with van der Waals surface area (Å²) in [6.07, 6.45) is 18.4. The van der Waals surface area contributed by atoms with Crippen molar-refractivity contribution in [3.63, 3.8) is 0 Å². The number of aryl methyl sites for hydroxylation is 1. The van der Waals surface area contributed by atoms with Crippen LogP contribution in [0.3, 0.4) is 0 Å². The van der Waals surface area contributed by atoms with Crippen LogP contribution in [-0.4, -0.2) is 11.5 Å². The molecule has 1 aromatic rings. The predicted octanol–water partition coefficient (Wildman–Crippen LogP) is 7.12. The van der Waals surface area contributed by atoms with Gasteiger partial charge in [-0.05, 0) is 50.5 Å². The number of benzene rings is 1. The third kappa shape index (κ3) is 11.2. The van der Waals surface area contributed by atoms with Crippen molar-refractivity contribution >= 4 is 17.5 Å². The number of ether oxygens (including phenoxy) is 1. The summed E-state index contributed by atoms with van der Waals surface area (Å²) < 4.78 is 5.82. The topological polar surface area (TPSA) is 64.3 Å². The standard InChI is InChI=1S/C25H43ClN2O2/c1-4-5-6-7-8-9-10-11-12-13-14-15-16-17-21-20-22(18-19-23(21)26)30-25(2,3)24(29)28-27/h18-20H,4-17,27H2,1-3H3,(H,28,29). The van der Waals surface area contributed by atoms with Crippen molar-refractivity contribution in [1.29, 1.82) is 0 Å². The van der Waals surface area contributed by atoms with E-state index in [-0.39, 0.29) is 5.91 Å². The van der Waals surface area contributed by atoms with E-state index in [0.29, 0.717) is 5.75 Å². The molecule has 1 rings (SSSR count). The van der Waals surface area contributed by atoms with Crippen LogP contribution in [-0.2, 0) is 11.2 Å². The fourth-order valence-electron chi connectivity index (χ4n) is 3.65. The Bertz CT molecular complexity index is 605. The summed E-state index contributed by atoms with van der Waals surface area (Å²) in [6, 6.07) is 5.57. The molecule has 0 spiro atoms. The summed E-state index contributed by atoms with van der Waals surface area (Å²) in [5, 5.41) is 0.752. The molecule has 0 aliphatic rings. The van der Waals surface area contributed by atoms with Crippen LogP contribution in [0, 0.1) is 0 Å². The van der Waals surface area contributed by atoms with Gasteiger partial charge in [-0.3, -0.25) is 10.2 Å². The number of nitrogens with two attached hydrogens (primary N) is 1. The SMILES string of the molecule is CCCCCCCCCCCCCCCc1cc(OC(C)(C)C(=O)NN)ccc1Cl. The molecule has 5 heteroatoms. The number of amides is 1. The normalized spacial score (nSPS) is 11.5. The van der Waals surface area contributed by atoms with E-state index in [4.69, 9.17) is 22.2 Å². The van der Waals surface area contributed by atoms with Crippen molar-refractivity contribution in [3.8, 4) is 5.75 Å². The number of carbonyl (C=O) groups excluding carboxylic acids is 1. The second-order valence-corrected chi connectivity index (χ2v) is 9.24. The molecule has 1 amide bonds. The number of rotatable bonds is 17. The third-order valence-corrected chi connectivity index (χ3v) is 5.99. The van der Waals surface area contributed by atoms with Gasteiger partial charge in [-0.2, -0.15) is 0 Å². The maximum Gasteiger partial charge on any atom is 0.277 e. The first kappa shape index (κ1) is 26.8. The lowest BCUT2D eigenvalue weighted by atomic mass is 10.0. The predicted molar refractivity (Wildman–Crippen MR) is 128 cm³/mol. The van der Waals surface area contributed by atoms with Gasteiger partial charge in [0.05, 0.1) is 0 Å². The number of carbonyl (C=O) groups is 1. The Kier molecular flexibility index (Phi) is 13.9. The van der Waals surface area contributed by atoms with E-state index >= 15 is 0 Å². The molecular weight excluding hydrogens is 396 g/mol. The lowest BCUT2D eigenvalue weighted by molar-refractivity contribution is -0.134. The van der Waals surface area contributed by atoms with Crippen molar-refractivity contribution in [3.05, 3.63) is 28.8 Å². The van der Waals surface area contributed by atoms with E-state index in [0.717, 1.165) is 23.4 Å². The van der Waals surface area contributed by atoms with Crippen LogP contribution >= 0.6 is 11.6 Å². The maximum absolute atomic E-state index is 11.8. The van der Waals surface area contributed by atoms with E-state index in [9.17, 15) is 4.79 Å². The summed E-state index contributed by atoms with van der Waals surface area (Å²) in [5.41, 5.74) is 2.18. The smallest absolute Gasteiger partial charge is 0.277 e.